The van der Waals surface area contributed by atoms with Crippen molar-refractivity contribution in [2.24, 2.45) is 0 Å². The summed E-state index contributed by atoms with van der Waals surface area (Å²) in [5.74, 6) is -0.472. The van der Waals surface area contributed by atoms with Crippen LogP contribution in [0.1, 0.15) is 51.5 Å². The number of rotatable bonds is 9. The smallest absolute Gasteiger partial charge is 0.335 e. The Morgan fingerprint density at radius 1 is 1.36 bits per heavy atom. The van der Waals surface area contributed by atoms with Gasteiger partial charge in [-0.3, -0.25) is 0 Å². The van der Waals surface area contributed by atoms with Crippen LogP contribution in [0.5, 0.6) is 11.5 Å². The van der Waals surface area contributed by atoms with Crippen molar-refractivity contribution in [1.82, 2.24) is 0 Å². The summed E-state index contributed by atoms with van der Waals surface area (Å²) in [5, 5.41) is 27.7. The zero-order valence-electron chi connectivity index (χ0n) is 15.4. The fourth-order valence-corrected chi connectivity index (χ4v) is 2.19. The van der Waals surface area contributed by atoms with Gasteiger partial charge in [0.2, 0.25) is 0 Å². The normalized spacial score (nSPS) is 12.8. The number of aliphatic carboxylic acids is 1. The number of allylic oxidation sites excluding steroid dienone is 1. The maximum Gasteiger partial charge on any atom is 0.335 e. The SMILES string of the molecule is C=CCC(O)(CCCCC)C(=O)O.CC=Cc1ccc(O)c(OC)c1. The summed E-state index contributed by atoms with van der Waals surface area (Å²) in [4.78, 5) is 10.7. The third-order valence-electron chi connectivity index (χ3n) is 3.64. The molecule has 1 rings (SSSR count). The molecule has 0 saturated heterocycles. The van der Waals surface area contributed by atoms with E-state index in [0.29, 0.717) is 12.2 Å². The van der Waals surface area contributed by atoms with Gasteiger partial charge in [-0.25, -0.2) is 4.79 Å². The molecular weight excluding hydrogens is 320 g/mol. The number of carboxylic acid groups (broad SMARTS) is 1. The van der Waals surface area contributed by atoms with E-state index in [4.69, 9.17) is 9.84 Å². The number of phenols is 1. The predicted octanol–water partition coefficient (Wildman–Crippen LogP) is 4.39. The molecule has 0 bridgehead atoms. The summed E-state index contributed by atoms with van der Waals surface area (Å²) >= 11 is 0. The Balaban J connectivity index is 0.000000462. The average Bonchev–Trinajstić information content (AvgIpc) is 2.58. The molecular formula is C20H30O5. The van der Waals surface area contributed by atoms with Crippen LogP contribution in [0, 0.1) is 0 Å². The minimum absolute atomic E-state index is 0.117. The molecule has 1 atom stereocenters. The molecule has 0 aliphatic rings. The average molecular weight is 350 g/mol. The molecule has 0 radical (unpaired) electrons. The van der Waals surface area contributed by atoms with Gasteiger partial charge >= 0.3 is 5.97 Å². The number of carbonyl (C=O) groups is 1. The van der Waals surface area contributed by atoms with Crippen LogP contribution in [-0.2, 0) is 4.79 Å². The van der Waals surface area contributed by atoms with Crippen LogP contribution in [0.2, 0.25) is 0 Å². The molecule has 1 unspecified atom stereocenters. The van der Waals surface area contributed by atoms with E-state index in [0.717, 1.165) is 24.8 Å². The third kappa shape index (κ3) is 8.40. The molecule has 0 fully saturated rings. The fourth-order valence-electron chi connectivity index (χ4n) is 2.19. The molecule has 0 heterocycles. The molecule has 0 amide bonds. The second-order valence-electron chi connectivity index (χ2n) is 5.72. The van der Waals surface area contributed by atoms with Crippen molar-refractivity contribution in [2.75, 3.05) is 7.11 Å². The second-order valence-corrected chi connectivity index (χ2v) is 5.72. The van der Waals surface area contributed by atoms with Crippen molar-refractivity contribution >= 4 is 12.0 Å². The maximum absolute atomic E-state index is 10.7. The van der Waals surface area contributed by atoms with Crippen LogP contribution in [0.15, 0.2) is 36.9 Å². The van der Waals surface area contributed by atoms with Gasteiger partial charge in [0.05, 0.1) is 7.11 Å². The molecule has 3 N–H and O–H groups in total. The van der Waals surface area contributed by atoms with E-state index >= 15 is 0 Å². The predicted molar refractivity (Wildman–Crippen MR) is 101 cm³/mol. The number of aromatic hydroxyl groups is 1. The number of phenolic OH excluding ortho intramolecular Hbond substituents is 1. The van der Waals surface area contributed by atoms with Gasteiger partial charge in [-0.1, -0.05) is 44.1 Å². The van der Waals surface area contributed by atoms with E-state index in [-0.39, 0.29) is 12.2 Å². The maximum atomic E-state index is 10.7. The Hall–Kier alpha value is -2.27. The highest BCUT2D eigenvalue weighted by Gasteiger charge is 2.33. The van der Waals surface area contributed by atoms with Crippen LogP contribution in [0.3, 0.4) is 0 Å². The van der Waals surface area contributed by atoms with Gasteiger partial charge in [0.15, 0.2) is 17.1 Å². The first-order valence-electron chi connectivity index (χ1n) is 8.41. The quantitative estimate of drug-likeness (QED) is 0.454. The van der Waals surface area contributed by atoms with E-state index in [1.165, 1.54) is 13.2 Å². The number of carboxylic acids is 1. The molecule has 0 aliphatic heterocycles. The number of unbranched alkanes of at least 4 members (excludes halogenated alkanes) is 2. The van der Waals surface area contributed by atoms with E-state index in [1.54, 1.807) is 12.1 Å². The van der Waals surface area contributed by atoms with E-state index in [9.17, 15) is 15.0 Å². The fraction of sp³-hybridized carbons (Fsp3) is 0.450. The first-order chi connectivity index (χ1) is 11.8. The van der Waals surface area contributed by atoms with Crippen molar-refractivity contribution in [3.63, 3.8) is 0 Å². The lowest BCUT2D eigenvalue weighted by atomic mass is 9.93. The van der Waals surface area contributed by atoms with Crippen molar-refractivity contribution in [1.29, 1.82) is 0 Å². The molecule has 0 aromatic heterocycles. The minimum atomic E-state index is -1.60. The number of ether oxygens (including phenoxy) is 1. The first kappa shape index (κ1) is 22.7. The van der Waals surface area contributed by atoms with Crippen LogP contribution in [-0.4, -0.2) is 34.0 Å². The zero-order chi connectivity index (χ0) is 19.3. The highest BCUT2D eigenvalue weighted by molar-refractivity contribution is 5.77. The van der Waals surface area contributed by atoms with Crippen LogP contribution < -0.4 is 4.74 Å². The summed E-state index contributed by atoms with van der Waals surface area (Å²) < 4.78 is 4.95. The third-order valence-corrected chi connectivity index (χ3v) is 3.64. The molecule has 0 saturated carbocycles. The lowest BCUT2D eigenvalue weighted by Crippen LogP contribution is -2.37. The molecule has 140 valence electrons. The Morgan fingerprint density at radius 3 is 2.52 bits per heavy atom. The minimum Gasteiger partial charge on any atom is -0.504 e. The number of aliphatic hydroxyl groups is 1. The van der Waals surface area contributed by atoms with Gasteiger partial charge in [-0.05, 0) is 37.5 Å². The number of hydrogen-bond donors (Lipinski definition) is 3. The van der Waals surface area contributed by atoms with Crippen molar-refractivity contribution in [3.05, 3.63) is 42.5 Å². The summed E-state index contributed by atoms with van der Waals surface area (Å²) in [6.45, 7) is 7.41. The van der Waals surface area contributed by atoms with Crippen molar-refractivity contribution in [3.8, 4) is 11.5 Å². The van der Waals surface area contributed by atoms with Crippen molar-refractivity contribution < 1.29 is 24.9 Å². The first-order valence-corrected chi connectivity index (χ1v) is 8.41. The zero-order valence-corrected chi connectivity index (χ0v) is 15.4. The molecule has 5 heteroatoms. The summed E-state index contributed by atoms with van der Waals surface area (Å²) in [6, 6.07) is 5.24. The van der Waals surface area contributed by atoms with Gasteiger partial charge in [-0.15, -0.1) is 6.58 Å². The van der Waals surface area contributed by atoms with Gasteiger partial charge in [-0.2, -0.15) is 0 Å². The van der Waals surface area contributed by atoms with Gasteiger partial charge in [0, 0.05) is 6.42 Å². The number of benzene rings is 1. The lowest BCUT2D eigenvalue weighted by Gasteiger charge is -2.21. The molecule has 25 heavy (non-hydrogen) atoms. The Labute approximate surface area is 150 Å². The van der Waals surface area contributed by atoms with E-state index in [1.807, 2.05) is 32.1 Å². The lowest BCUT2D eigenvalue weighted by molar-refractivity contribution is -0.159. The Bertz CT molecular complexity index is 565. The van der Waals surface area contributed by atoms with Crippen LogP contribution >= 0.6 is 0 Å². The Morgan fingerprint density at radius 2 is 2.04 bits per heavy atom. The van der Waals surface area contributed by atoms with Crippen LogP contribution in [0.4, 0.5) is 0 Å². The standard InChI is InChI=1S/C10H18O3.C10H12O2/c1-3-5-6-8-10(13,7-4-2)9(11)12;1-3-4-8-5-6-9(11)10(7-8)12-2/h4,13H,2-3,5-8H2,1H3,(H,11,12);3-7,11H,1-2H3. The summed E-state index contributed by atoms with van der Waals surface area (Å²) in [5.41, 5.74) is -0.580. The van der Waals surface area contributed by atoms with Crippen LogP contribution in [0.25, 0.3) is 6.08 Å². The highest BCUT2D eigenvalue weighted by atomic mass is 16.5. The monoisotopic (exact) mass is 350 g/mol. The highest BCUT2D eigenvalue weighted by Crippen LogP contribution is 2.26. The molecule has 0 spiro atoms. The number of methoxy groups -OCH3 is 1. The van der Waals surface area contributed by atoms with Gasteiger partial charge < -0.3 is 20.1 Å². The summed E-state index contributed by atoms with van der Waals surface area (Å²) in [6.07, 6.45) is 8.46. The molecule has 1 aromatic rings. The van der Waals surface area contributed by atoms with Crippen molar-refractivity contribution in [2.45, 2.75) is 51.6 Å². The molecule has 5 nitrogen and oxygen atoms in total. The molecule has 1 aromatic carbocycles. The largest absolute Gasteiger partial charge is 0.504 e. The topological polar surface area (TPSA) is 87.0 Å². The van der Waals surface area contributed by atoms with E-state index in [2.05, 4.69) is 6.58 Å². The Kier molecular flexibility index (Phi) is 11.0. The molecule has 0 aliphatic carbocycles. The second kappa shape index (κ2) is 12.1. The summed E-state index contributed by atoms with van der Waals surface area (Å²) in [7, 11) is 1.54. The van der Waals surface area contributed by atoms with Gasteiger partial charge in [0.1, 0.15) is 0 Å². The number of hydrogen-bond acceptors (Lipinski definition) is 4. The van der Waals surface area contributed by atoms with Gasteiger partial charge in [0.25, 0.3) is 0 Å². The van der Waals surface area contributed by atoms with E-state index < -0.39 is 11.6 Å².